The lowest BCUT2D eigenvalue weighted by Crippen LogP contribution is -2.30. The van der Waals surface area contributed by atoms with Crippen molar-refractivity contribution in [2.45, 2.75) is 72.0 Å². The molecule has 0 aliphatic rings. The number of halogens is 1. The van der Waals surface area contributed by atoms with Gasteiger partial charge in [0.25, 0.3) is 0 Å². The molecule has 3 rings (SSSR count). The third-order valence-electron chi connectivity index (χ3n) is 6.18. The summed E-state index contributed by atoms with van der Waals surface area (Å²) in [6, 6.07) is 9.91. The van der Waals surface area contributed by atoms with Gasteiger partial charge >= 0.3 is 5.97 Å². The first-order valence-electron chi connectivity index (χ1n) is 12.6. The number of hydrogen-bond acceptors (Lipinski definition) is 5. The number of rotatable bonds is 9. The molecule has 38 heavy (non-hydrogen) atoms. The smallest absolute Gasteiger partial charge is 0.339 e. The quantitative estimate of drug-likeness (QED) is 0.206. The number of hydrogen-bond donors (Lipinski definition) is 2. The molecule has 0 aliphatic heterocycles. The second kappa shape index (κ2) is 11.0. The number of esters is 1. The van der Waals surface area contributed by atoms with E-state index in [9.17, 15) is 13.2 Å². The summed E-state index contributed by atoms with van der Waals surface area (Å²) in [5, 5.41) is 1.34. The van der Waals surface area contributed by atoms with Gasteiger partial charge in [-0.25, -0.2) is 13.2 Å². The number of anilines is 1. The van der Waals surface area contributed by atoms with Gasteiger partial charge in [0.15, 0.2) is 6.10 Å². The molecule has 0 fully saturated rings. The number of aryl methyl sites for hydroxylation is 1. The van der Waals surface area contributed by atoms with Crippen LogP contribution in [0.15, 0.2) is 30.3 Å². The molecule has 0 saturated heterocycles. The number of H-pyrrole nitrogens is 1. The number of ether oxygens (including phenoxy) is 2. The van der Waals surface area contributed by atoms with Crippen molar-refractivity contribution in [2.75, 3.05) is 17.6 Å². The van der Waals surface area contributed by atoms with Crippen LogP contribution in [0.25, 0.3) is 22.0 Å². The zero-order chi connectivity index (χ0) is 28.6. The Kier molecular flexibility index (Phi) is 8.77. The molecule has 1 heterocycles. The Morgan fingerprint density at radius 2 is 1.74 bits per heavy atom. The number of aromatic nitrogens is 1. The summed E-state index contributed by atoms with van der Waals surface area (Å²) in [5.41, 5.74) is 3.90. The van der Waals surface area contributed by atoms with E-state index >= 15 is 0 Å². The molecule has 10 heteroatoms. The zero-order valence-electron chi connectivity index (χ0n) is 23.7. The van der Waals surface area contributed by atoms with E-state index in [-0.39, 0.29) is 5.75 Å². The first-order valence-corrected chi connectivity index (χ1v) is 18.3. The maximum Gasteiger partial charge on any atom is 0.339 e. The maximum atomic E-state index is 13.3. The number of carbonyl (C=O) groups is 1. The summed E-state index contributed by atoms with van der Waals surface area (Å²) in [6.45, 7) is 15.7. The molecule has 0 saturated carbocycles. The third-order valence-corrected chi connectivity index (χ3v) is 9.80. The van der Waals surface area contributed by atoms with E-state index in [4.69, 9.17) is 21.1 Å². The number of aromatic amines is 1. The molecule has 0 unspecified atom stereocenters. The van der Waals surface area contributed by atoms with Gasteiger partial charge in [-0.15, -0.1) is 0 Å². The molecule has 7 nitrogen and oxygen atoms in total. The Labute approximate surface area is 232 Å². The fourth-order valence-electron chi connectivity index (χ4n) is 4.35. The predicted molar refractivity (Wildman–Crippen MR) is 159 cm³/mol. The average Bonchev–Trinajstić information content (AvgIpc) is 3.18. The Bertz CT molecular complexity index is 1440. The molecule has 1 aromatic heterocycles. The summed E-state index contributed by atoms with van der Waals surface area (Å²) in [4.78, 5) is 16.6. The Morgan fingerprint density at radius 1 is 1.13 bits per heavy atom. The van der Waals surface area contributed by atoms with Gasteiger partial charge in [0.05, 0.1) is 29.7 Å². The first-order chi connectivity index (χ1) is 17.4. The molecule has 208 valence electrons. The van der Waals surface area contributed by atoms with Gasteiger partial charge in [0.1, 0.15) is 0 Å². The van der Waals surface area contributed by atoms with Crippen LogP contribution in [0, 0.1) is 13.8 Å². The lowest BCUT2D eigenvalue weighted by atomic mass is 9.88. The Hall–Kier alpha value is -2.33. The maximum absolute atomic E-state index is 13.3. The van der Waals surface area contributed by atoms with Gasteiger partial charge in [-0.2, -0.15) is 0 Å². The minimum absolute atomic E-state index is 0.0243. The number of carbonyl (C=O) groups excluding carboxylic acids is 1. The van der Waals surface area contributed by atoms with E-state index in [1.807, 2.05) is 52.8 Å². The van der Waals surface area contributed by atoms with Crippen molar-refractivity contribution in [2.24, 2.45) is 0 Å². The molecule has 0 spiro atoms. The number of sulfonamides is 1. The lowest BCUT2D eigenvalue weighted by Gasteiger charge is -2.30. The highest BCUT2D eigenvalue weighted by Crippen LogP contribution is 2.45. The number of nitrogens with one attached hydrogen (secondary N) is 2. The molecule has 0 aliphatic carbocycles. The molecule has 2 N–H and O–H groups in total. The topological polar surface area (TPSA) is 97.5 Å². The minimum atomic E-state index is -3.67. The van der Waals surface area contributed by atoms with Crippen molar-refractivity contribution in [1.29, 1.82) is 0 Å². The van der Waals surface area contributed by atoms with Gasteiger partial charge in [-0.1, -0.05) is 43.4 Å². The summed E-state index contributed by atoms with van der Waals surface area (Å²) >= 11 is 6.20. The van der Waals surface area contributed by atoms with Crippen LogP contribution in [0.2, 0.25) is 30.7 Å². The van der Waals surface area contributed by atoms with Gasteiger partial charge in [0, 0.05) is 29.7 Å². The van der Waals surface area contributed by atoms with Crippen molar-refractivity contribution >= 4 is 52.3 Å². The van der Waals surface area contributed by atoms with Gasteiger partial charge < -0.3 is 14.5 Å². The van der Waals surface area contributed by atoms with Crippen LogP contribution in [-0.4, -0.2) is 45.9 Å². The fraction of sp³-hybridized carbons (Fsp3) is 0.464. The summed E-state index contributed by atoms with van der Waals surface area (Å²) in [5.74, 6) is -0.548. The largest absolute Gasteiger partial charge is 0.467 e. The van der Waals surface area contributed by atoms with Gasteiger partial charge in [-0.3, -0.25) is 4.72 Å². The third kappa shape index (κ3) is 7.19. The summed E-state index contributed by atoms with van der Waals surface area (Å²) in [7, 11) is -3.95. The van der Waals surface area contributed by atoms with Crippen LogP contribution in [0.1, 0.15) is 43.7 Å². The van der Waals surface area contributed by atoms with E-state index in [0.717, 1.165) is 22.2 Å². The Morgan fingerprint density at radius 3 is 2.26 bits per heavy atom. The van der Waals surface area contributed by atoms with Crippen LogP contribution in [0.5, 0.6) is 0 Å². The molecule has 0 bridgehead atoms. The molecular formula is C28H39ClN2O5SSi. The lowest BCUT2D eigenvalue weighted by molar-refractivity contribution is -0.164. The van der Waals surface area contributed by atoms with Crippen molar-refractivity contribution < 1.29 is 22.7 Å². The van der Waals surface area contributed by atoms with Crippen LogP contribution in [0.4, 0.5) is 5.69 Å². The first kappa shape index (κ1) is 30.2. The van der Waals surface area contributed by atoms with Gasteiger partial charge in [-0.05, 0) is 75.6 Å². The number of benzene rings is 2. The van der Waals surface area contributed by atoms with Crippen molar-refractivity contribution in [3.63, 3.8) is 0 Å². The zero-order valence-corrected chi connectivity index (χ0v) is 26.3. The second-order valence-electron chi connectivity index (χ2n) is 11.9. The summed E-state index contributed by atoms with van der Waals surface area (Å²) < 4.78 is 40.9. The highest BCUT2D eigenvalue weighted by molar-refractivity contribution is 7.92. The molecule has 0 radical (unpaired) electrons. The normalized spacial score (nSPS) is 13.5. The van der Waals surface area contributed by atoms with Crippen molar-refractivity contribution in [1.82, 2.24) is 4.98 Å². The van der Waals surface area contributed by atoms with Crippen molar-refractivity contribution in [3.8, 4) is 11.1 Å². The highest BCUT2D eigenvalue weighted by Gasteiger charge is 2.35. The van der Waals surface area contributed by atoms with Gasteiger partial charge in [0.2, 0.25) is 10.0 Å². The van der Waals surface area contributed by atoms with E-state index < -0.39 is 35.8 Å². The monoisotopic (exact) mass is 578 g/mol. The second-order valence-corrected chi connectivity index (χ2v) is 19.8. The van der Waals surface area contributed by atoms with Crippen LogP contribution in [0.3, 0.4) is 0 Å². The minimum Gasteiger partial charge on any atom is -0.467 e. The molecular weight excluding hydrogens is 540 g/mol. The van der Waals surface area contributed by atoms with Crippen LogP contribution in [-0.2, 0) is 24.3 Å². The van der Waals surface area contributed by atoms with E-state index in [2.05, 4.69) is 29.3 Å². The highest BCUT2D eigenvalue weighted by atomic mass is 35.5. The number of fused-ring (bicyclic) bond motifs is 1. The standard InChI is InChI=1S/C28H39ClN2O5SSi/c1-17-16-21-23(19-10-12-20(29)13-11-19)22(26(27(32)35-6)36-28(3,4)5)18(2)24(25(21)30-17)31-37(33,34)14-15-38(7,8)9/h10-13,16,26,30-31H,14-15H2,1-9H3/t26-/m0/s1. The molecule has 3 aromatic rings. The Balaban J connectivity index is 2.40. The van der Waals surface area contributed by atoms with Crippen LogP contribution >= 0.6 is 11.6 Å². The summed E-state index contributed by atoms with van der Waals surface area (Å²) in [6.07, 6.45) is -1.10. The molecule has 0 amide bonds. The number of methoxy groups -OCH3 is 1. The van der Waals surface area contributed by atoms with E-state index in [1.165, 1.54) is 7.11 Å². The fourth-order valence-corrected chi connectivity index (χ4v) is 8.67. The average molecular weight is 579 g/mol. The van der Waals surface area contributed by atoms with E-state index in [0.29, 0.717) is 33.4 Å². The molecule has 2 aromatic carbocycles. The predicted octanol–water partition coefficient (Wildman–Crippen LogP) is 7.21. The van der Waals surface area contributed by atoms with Crippen molar-refractivity contribution in [3.05, 3.63) is 52.2 Å². The van der Waals surface area contributed by atoms with E-state index in [1.54, 1.807) is 12.1 Å². The SMILES string of the molecule is COC(=O)[C@@H](OC(C)(C)C)c1c(C)c(NS(=O)(=O)CC[Si](C)(C)C)c2[nH]c(C)cc2c1-c1ccc(Cl)cc1. The molecule has 1 atom stereocenters. The van der Waals surface area contributed by atoms with Crippen LogP contribution < -0.4 is 4.72 Å².